The quantitative estimate of drug-likeness (QED) is 0.841. The first kappa shape index (κ1) is 20.6. The molecule has 154 valence electrons. The van der Waals surface area contributed by atoms with Crippen molar-refractivity contribution in [3.63, 3.8) is 0 Å². The summed E-state index contributed by atoms with van der Waals surface area (Å²) in [5, 5.41) is 3.22. The van der Waals surface area contributed by atoms with Gasteiger partial charge in [-0.2, -0.15) is 0 Å². The number of rotatable bonds is 5. The van der Waals surface area contributed by atoms with Crippen LogP contribution in [0.4, 0.5) is 4.79 Å². The zero-order chi connectivity index (χ0) is 20.7. The molecule has 1 aliphatic heterocycles. The molecule has 0 unspecified atom stereocenters. The number of pyridine rings is 1. The average Bonchev–Trinajstić information content (AvgIpc) is 3.07. The van der Waals surface area contributed by atoms with Crippen LogP contribution in [-0.4, -0.2) is 46.1 Å². The van der Waals surface area contributed by atoms with Crippen molar-refractivity contribution in [2.24, 2.45) is 17.8 Å². The second-order valence-electron chi connectivity index (χ2n) is 9.88. The highest BCUT2D eigenvalue weighted by Crippen LogP contribution is 2.52. The summed E-state index contributed by atoms with van der Waals surface area (Å²) in [5.41, 5.74) is 1.49. The Balaban J connectivity index is 1.46. The van der Waals surface area contributed by atoms with Gasteiger partial charge in [0.15, 0.2) is 0 Å². The third-order valence-electron chi connectivity index (χ3n) is 5.71. The van der Waals surface area contributed by atoms with E-state index in [4.69, 9.17) is 4.74 Å². The van der Waals surface area contributed by atoms with Crippen LogP contribution in [0.3, 0.4) is 0 Å². The van der Waals surface area contributed by atoms with Crippen LogP contribution in [-0.2, 0) is 16.0 Å². The van der Waals surface area contributed by atoms with E-state index >= 15 is 0 Å². The first-order valence-electron chi connectivity index (χ1n) is 10.2. The number of likely N-dealkylation sites (tertiary alicyclic amines) is 1. The van der Waals surface area contributed by atoms with Crippen molar-refractivity contribution in [1.82, 2.24) is 15.2 Å². The predicted octanol–water partition coefficient (Wildman–Crippen LogP) is 3.33. The van der Waals surface area contributed by atoms with Crippen molar-refractivity contribution in [3.05, 3.63) is 29.6 Å². The molecule has 2 aliphatic rings. The van der Waals surface area contributed by atoms with Crippen LogP contribution in [0.1, 0.15) is 52.3 Å². The van der Waals surface area contributed by atoms with E-state index in [2.05, 4.69) is 37.1 Å². The fourth-order valence-electron chi connectivity index (χ4n) is 4.08. The van der Waals surface area contributed by atoms with E-state index in [0.29, 0.717) is 13.1 Å². The lowest BCUT2D eigenvalue weighted by Crippen LogP contribution is -2.46. The minimum atomic E-state index is -0.489. The SMILES string of the molecule is Cc1cccnc1CCC(C)(C)NC(=O)[C@H]1[C@@H]2CN(C(=O)OC(C)(C)C)C[C@@H]21. The highest BCUT2D eigenvalue weighted by molar-refractivity contribution is 5.84. The minimum absolute atomic E-state index is 0.0227. The molecule has 3 atom stereocenters. The number of hydrogen-bond donors (Lipinski definition) is 1. The van der Waals surface area contributed by atoms with Crippen LogP contribution in [0.25, 0.3) is 0 Å². The van der Waals surface area contributed by atoms with Gasteiger partial charge < -0.3 is 15.0 Å². The fraction of sp³-hybridized carbons (Fsp3) is 0.682. The van der Waals surface area contributed by atoms with Crippen LogP contribution in [0.2, 0.25) is 0 Å². The maximum Gasteiger partial charge on any atom is 0.410 e. The third kappa shape index (κ3) is 4.83. The number of aryl methyl sites for hydroxylation is 2. The van der Waals surface area contributed by atoms with E-state index in [9.17, 15) is 9.59 Å². The van der Waals surface area contributed by atoms with Gasteiger partial charge in [-0.05, 0) is 77.8 Å². The molecule has 2 amide bonds. The van der Waals surface area contributed by atoms with Gasteiger partial charge in [-0.25, -0.2) is 4.79 Å². The van der Waals surface area contributed by atoms with E-state index in [1.807, 2.05) is 33.0 Å². The molecule has 6 nitrogen and oxygen atoms in total. The van der Waals surface area contributed by atoms with Gasteiger partial charge in [0.1, 0.15) is 5.60 Å². The Bertz CT molecular complexity index is 742. The lowest BCUT2D eigenvalue weighted by molar-refractivity contribution is -0.125. The van der Waals surface area contributed by atoms with Gasteiger partial charge in [0.2, 0.25) is 5.91 Å². The highest BCUT2D eigenvalue weighted by Gasteiger charge is 2.60. The van der Waals surface area contributed by atoms with Crippen LogP contribution >= 0.6 is 0 Å². The smallest absolute Gasteiger partial charge is 0.410 e. The van der Waals surface area contributed by atoms with Crippen molar-refractivity contribution in [2.75, 3.05) is 13.1 Å². The Hall–Kier alpha value is -2.11. The number of piperidine rings is 1. The Kier molecular flexibility index (Phi) is 5.43. The summed E-state index contributed by atoms with van der Waals surface area (Å²) >= 11 is 0. The Morgan fingerprint density at radius 3 is 2.43 bits per heavy atom. The zero-order valence-electron chi connectivity index (χ0n) is 17.9. The topological polar surface area (TPSA) is 71.5 Å². The number of amides is 2. The van der Waals surface area contributed by atoms with Crippen LogP contribution < -0.4 is 5.32 Å². The van der Waals surface area contributed by atoms with Gasteiger partial charge >= 0.3 is 6.09 Å². The summed E-state index contributed by atoms with van der Waals surface area (Å²) in [5.74, 6) is 0.666. The molecule has 6 heteroatoms. The number of nitrogens with zero attached hydrogens (tertiary/aromatic N) is 2. The normalized spacial score (nSPS) is 23.9. The second-order valence-corrected chi connectivity index (χ2v) is 9.88. The predicted molar refractivity (Wildman–Crippen MR) is 108 cm³/mol. The van der Waals surface area contributed by atoms with E-state index in [1.54, 1.807) is 4.90 Å². The van der Waals surface area contributed by atoms with Gasteiger partial charge in [-0.1, -0.05) is 6.07 Å². The summed E-state index contributed by atoms with van der Waals surface area (Å²) in [6.07, 6.45) is 3.22. The summed E-state index contributed by atoms with van der Waals surface area (Å²) in [4.78, 5) is 31.1. The zero-order valence-corrected chi connectivity index (χ0v) is 17.9. The van der Waals surface area contributed by atoms with Gasteiger partial charge in [0.25, 0.3) is 0 Å². The largest absolute Gasteiger partial charge is 0.444 e. The molecule has 0 spiro atoms. The van der Waals surface area contributed by atoms with Crippen molar-refractivity contribution in [1.29, 1.82) is 0 Å². The molecule has 1 N–H and O–H groups in total. The number of aromatic nitrogens is 1. The highest BCUT2D eigenvalue weighted by atomic mass is 16.6. The molecule has 1 aromatic heterocycles. The second kappa shape index (κ2) is 7.37. The minimum Gasteiger partial charge on any atom is -0.444 e. The molecule has 0 radical (unpaired) electrons. The van der Waals surface area contributed by atoms with E-state index < -0.39 is 5.60 Å². The number of hydrogen-bond acceptors (Lipinski definition) is 4. The van der Waals surface area contributed by atoms with Crippen LogP contribution in [0.5, 0.6) is 0 Å². The van der Waals surface area contributed by atoms with Crippen molar-refractivity contribution >= 4 is 12.0 Å². The molecule has 1 saturated carbocycles. The number of carbonyl (C=O) groups is 2. The molecular formula is C22H33N3O3. The summed E-state index contributed by atoms with van der Waals surface area (Å²) in [6, 6.07) is 4.01. The monoisotopic (exact) mass is 387 g/mol. The molecule has 1 saturated heterocycles. The Morgan fingerprint density at radius 2 is 1.86 bits per heavy atom. The summed E-state index contributed by atoms with van der Waals surface area (Å²) in [6.45, 7) is 13.0. The number of carbonyl (C=O) groups excluding carboxylic acids is 2. The van der Waals surface area contributed by atoms with Gasteiger partial charge in [-0.15, -0.1) is 0 Å². The van der Waals surface area contributed by atoms with Crippen LogP contribution in [0, 0.1) is 24.7 Å². The molecule has 2 fully saturated rings. The molecule has 28 heavy (non-hydrogen) atoms. The molecule has 0 bridgehead atoms. The third-order valence-corrected chi connectivity index (χ3v) is 5.71. The van der Waals surface area contributed by atoms with Crippen molar-refractivity contribution in [3.8, 4) is 0 Å². The molecule has 1 aromatic rings. The van der Waals surface area contributed by atoms with Gasteiger partial charge in [-0.3, -0.25) is 9.78 Å². The van der Waals surface area contributed by atoms with Crippen molar-refractivity contribution < 1.29 is 14.3 Å². The van der Waals surface area contributed by atoms with Crippen molar-refractivity contribution in [2.45, 2.75) is 65.5 Å². The molecule has 1 aliphatic carbocycles. The first-order valence-corrected chi connectivity index (χ1v) is 10.2. The molecular weight excluding hydrogens is 354 g/mol. The fourth-order valence-corrected chi connectivity index (χ4v) is 4.08. The molecule has 0 aromatic carbocycles. The standard InChI is InChI=1S/C22H33N3O3/c1-14-8-7-11-23-17(14)9-10-22(5,6)24-19(26)18-15-12-25(13-16(15)18)20(27)28-21(2,3)4/h7-8,11,15-16,18H,9-10,12-13H2,1-6H3,(H,24,26)/t15-,16+,18+. The molecule has 3 rings (SSSR count). The van der Waals surface area contributed by atoms with E-state index in [1.165, 1.54) is 5.56 Å². The van der Waals surface area contributed by atoms with Crippen LogP contribution in [0.15, 0.2) is 18.3 Å². The molecule has 2 heterocycles. The number of ether oxygens (including phenoxy) is 1. The maximum absolute atomic E-state index is 12.8. The first-order chi connectivity index (χ1) is 13.0. The summed E-state index contributed by atoms with van der Waals surface area (Å²) < 4.78 is 5.43. The van der Waals surface area contributed by atoms with E-state index in [-0.39, 0.29) is 35.3 Å². The van der Waals surface area contributed by atoms with Gasteiger partial charge in [0.05, 0.1) is 0 Å². The number of nitrogens with one attached hydrogen (secondary N) is 1. The maximum atomic E-state index is 12.8. The lowest BCUT2D eigenvalue weighted by Gasteiger charge is -2.28. The van der Waals surface area contributed by atoms with E-state index in [0.717, 1.165) is 18.5 Å². The number of fused-ring (bicyclic) bond motifs is 1. The summed E-state index contributed by atoms with van der Waals surface area (Å²) in [7, 11) is 0. The Morgan fingerprint density at radius 1 is 1.21 bits per heavy atom. The van der Waals surface area contributed by atoms with Gasteiger partial charge in [0, 0.05) is 36.4 Å². The lowest BCUT2D eigenvalue weighted by atomic mass is 9.95. The Labute approximate surface area is 168 Å². The average molecular weight is 388 g/mol.